The van der Waals surface area contributed by atoms with Gasteiger partial charge in [-0.3, -0.25) is 0 Å². The number of aryl methyl sites for hydroxylation is 1. The quantitative estimate of drug-likeness (QED) is 0.690. The van der Waals surface area contributed by atoms with E-state index in [2.05, 4.69) is 15.4 Å². The topological polar surface area (TPSA) is 67.4 Å². The highest BCUT2D eigenvalue weighted by Crippen LogP contribution is 2.22. The molecule has 0 saturated heterocycles. The molecule has 1 heterocycles. The van der Waals surface area contributed by atoms with E-state index in [9.17, 15) is 4.39 Å². The fraction of sp³-hybridized carbons (Fsp3) is 0.111. The third-order valence-electron chi connectivity index (χ3n) is 1.87. The maximum Gasteiger partial charge on any atom is 0.209 e. The SMILES string of the molecule is Cn1nnc(-c2c(F)cccc2C#N)n1. The predicted molar refractivity (Wildman–Crippen MR) is 48.9 cm³/mol. The van der Waals surface area contributed by atoms with Crippen molar-refractivity contribution in [1.29, 1.82) is 5.26 Å². The minimum absolute atomic E-state index is 0.0908. The number of hydrogen-bond donors (Lipinski definition) is 0. The Kier molecular flexibility index (Phi) is 2.14. The number of benzene rings is 1. The van der Waals surface area contributed by atoms with Crippen molar-refractivity contribution < 1.29 is 4.39 Å². The maximum absolute atomic E-state index is 13.5. The van der Waals surface area contributed by atoms with Crippen molar-refractivity contribution in [2.24, 2.45) is 7.05 Å². The molecule has 0 radical (unpaired) electrons. The molecule has 0 bridgehead atoms. The zero-order valence-electron chi connectivity index (χ0n) is 7.85. The Morgan fingerprint density at radius 3 is 2.87 bits per heavy atom. The zero-order valence-corrected chi connectivity index (χ0v) is 7.85. The molecule has 1 aromatic heterocycles. The van der Waals surface area contributed by atoms with Gasteiger partial charge in [0.05, 0.1) is 18.2 Å². The Bertz CT molecular complexity index is 540. The van der Waals surface area contributed by atoms with Gasteiger partial charge >= 0.3 is 0 Å². The van der Waals surface area contributed by atoms with E-state index in [1.165, 1.54) is 23.0 Å². The lowest BCUT2D eigenvalue weighted by molar-refractivity contribution is 0.625. The summed E-state index contributed by atoms with van der Waals surface area (Å²) in [5, 5.41) is 19.9. The van der Waals surface area contributed by atoms with E-state index in [0.29, 0.717) is 0 Å². The van der Waals surface area contributed by atoms with Crippen molar-refractivity contribution in [3.8, 4) is 17.5 Å². The highest BCUT2D eigenvalue weighted by molar-refractivity contribution is 5.64. The predicted octanol–water partition coefficient (Wildman–Crippen LogP) is 0.888. The summed E-state index contributed by atoms with van der Waals surface area (Å²) < 4.78 is 13.5. The molecule has 0 atom stereocenters. The Morgan fingerprint density at radius 1 is 1.47 bits per heavy atom. The lowest BCUT2D eigenvalue weighted by atomic mass is 10.1. The van der Waals surface area contributed by atoms with E-state index < -0.39 is 5.82 Å². The molecule has 15 heavy (non-hydrogen) atoms. The molecule has 0 spiro atoms. The van der Waals surface area contributed by atoms with Crippen LogP contribution in [-0.2, 0) is 7.05 Å². The van der Waals surface area contributed by atoms with Gasteiger partial charge in [0.25, 0.3) is 0 Å². The van der Waals surface area contributed by atoms with E-state index in [-0.39, 0.29) is 17.0 Å². The molecule has 0 amide bonds. The first-order chi connectivity index (χ1) is 7.22. The van der Waals surface area contributed by atoms with Gasteiger partial charge in [0.1, 0.15) is 11.9 Å². The van der Waals surface area contributed by atoms with E-state index in [0.717, 1.165) is 0 Å². The molecule has 0 aliphatic rings. The van der Waals surface area contributed by atoms with Crippen molar-refractivity contribution in [2.45, 2.75) is 0 Å². The number of nitrogens with zero attached hydrogens (tertiary/aromatic N) is 5. The second-order valence-corrected chi connectivity index (χ2v) is 2.88. The van der Waals surface area contributed by atoms with Crippen molar-refractivity contribution in [3.05, 3.63) is 29.6 Å². The second kappa shape index (κ2) is 3.46. The summed E-state index contributed by atoms with van der Waals surface area (Å²) in [7, 11) is 1.57. The summed E-state index contributed by atoms with van der Waals surface area (Å²) in [5.41, 5.74) is 0.288. The van der Waals surface area contributed by atoms with Gasteiger partial charge in [0.15, 0.2) is 0 Å². The molecule has 0 saturated carbocycles. The fourth-order valence-corrected chi connectivity index (χ4v) is 1.23. The van der Waals surface area contributed by atoms with Crippen LogP contribution in [0.2, 0.25) is 0 Å². The Labute approximate surface area is 84.8 Å². The number of halogens is 1. The number of aromatic nitrogens is 4. The van der Waals surface area contributed by atoms with Gasteiger partial charge in [-0.15, -0.1) is 10.2 Å². The molecule has 5 nitrogen and oxygen atoms in total. The van der Waals surface area contributed by atoms with Gasteiger partial charge in [0.2, 0.25) is 5.82 Å². The van der Waals surface area contributed by atoms with Crippen molar-refractivity contribution >= 4 is 0 Å². The Morgan fingerprint density at radius 2 is 2.27 bits per heavy atom. The van der Waals surface area contributed by atoms with Crippen LogP contribution >= 0.6 is 0 Å². The zero-order chi connectivity index (χ0) is 10.8. The fourth-order valence-electron chi connectivity index (χ4n) is 1.23. The largest absolute Gasteiger partial charge is 0.209 e. The summed E-state index contributed by atoms with van der Waals surface area (Å²) in [6.45, 7) is 0. The first-order valence-electron chi connectivity index (χ1n) is 4.15. The Hall–Kier alpha value is -2.29. The average Bonchev–Trinajstić information content (AvgIpc) is 2.64. The summed E-state index contributed by atoms with van der Waals surface area (Å²) in [5.74, 6) is -0.408. The molecule has 2 rings (SSSR count). The molecule has 0 unspecified atom stereocenters. The van der Waals surface area contributed by atoms with Gasteiger partial charge in [-0.25, -0.2) is 4.39 Å². The van der Waals surface area contributed by atoms with Gasteiger partial charge in [-0.1, -0.05) is 6.07 Å². The highest BCUT2D eigenvalue weighted by Gasteiger charge is 2.14. The number of nitriles is 1. The molecule has 0 N–H and O–H groups in total. The minimum atomic E-state index is -0.526. The molecule has 6 heteroatoms. The van der Waals surface area contributed by atoms with Crippen LogP contribution in [0, 0.1) is 17.1 Å². The van der Waals surface area contributed by atoms with Crippen LogP contribution in [0.1, 0.15) is 5.56 Å². The summed E-state index contributed by atoms with van der Waals surface area (Å²) in [6, 6.07) is 6.12. The molecule has 1 aromatic carbocycles. The molecule has 0 aliphatic carbocycles. The number of hydrogen-bond acceptors (Lipinski definition) is 4. The molecule has 0 aliphatic heterocycles. The van der Waals surface area contributed by atoms with Crippen LogP contribution < -0.4 is 0 Å². The second-order valence-electron chi connectivity index (χ2n) is 2.88. The molecular formula is C9H6FN5. The van der Waals surface area contributed by atoms with Crippen LogP contribution in [0.3, 0.4) is 0 Å². The van der Waals surface area contributed by atoms with E-state index in [4.69, 9.17) is 5.26 Å². The van der Waals surface area contributed by atoms with Crippen LogP contribution in [-0.4, -0.2) is 20.2 Å². The van der Waals surface area contributed by atoms with Crippen LogP contribution in [0.25, 0.3) is 11.4 Å². The lowest BCUT2D eigenvalue weighted by Gasteiger charge is -1.98. The standard InChI is InChI=1S/C9H6FN5/c1-15-13-9(12-14-15)8-6(5-11)3-2-4-7(8)10/h2-4H,1H3. The normalized spacial score (nSPS) is 9.93. The summed E-state index contributed by atoms with van der Waals surface area (Å²) in [4.78, 5) is 1.21. The number of tetrazole rings is 1. The van der Waals surface area contributed by atoms with E-state index >= 15 is 0 Å². The average molecular weight is 203 g/mol. The van der Waals surface area contributed by atoms with Crippen molar-refractivity contribution in [3.63, 3.8) is 0 Å². The van der Waals surface area contributed by atoms with Gasteiger partial charge in [-0.2, -0.15) is 10.1 Å². The first kappa shape index (κ1) is 9.27. The summed E-state index contributed by atoms with van der Waals surface area (Å²) >= 11 is 0. The van der Waals surface area contributed by atoms with Gasteiger partial charge in [-0.05, 0) is 17.3 Å². The van der Waals surface area contributed by atoms with Crippen molar-refractivity contribution in [1.82, 2.24) is 20.2 Å². The smallest absolute Gasteiger partial charge is 0.206 e. The number of rotatable bonds is 1. The maximum atomic E-state index is 13.5. The molecular weight excluding hydrogens is 197 g/mol. The van der Waals surface area contributed by atoms with Crippen LogP contribution in [0.15, 0.2) is 18.2 Å². The molecule has 0 fully saturated rings. The molecule has 2 aromatic rings. The highest BCUT2D eigenvalue weighted by atomic mass is 19.1. The monoisotopic (exact) mass is 203 g/mol. The first-order valence-corrected chi connectivity index (χ1v) is 4.15. The Balaban J connectivity index is 2.67. The van der Waals surface area contributed by atoms with Gasteiger partial charge in [0, 0.05) is 0 Å². The minimum Gasteiger partial charge on any atom is -0.206 e. The van der Waals surface area contributed by atoms with E-state index in [1.54, 1.807) is 7.05 Å². The lowest BCUT2D eigenvalue weighted by Crippen LogP contribution is -1.94. The van der Waals surface area contributed by atoms with Crippen LogP contribution in [0.4, 0.5) is 4.39 Å². The van der Waals surface area contributed by atoms with Crippen LogP contribution in [0.5, 0.6) is 0 Å². The molecule has 74 valence electrons. The third kappa shape index (κ3) is 1.55. The van der Waals surface area contributed by atoms with E-state index in [1.807, 2.05) is 6.07 Å². The summed E-state index contributed by atoms with van der Waals surface area (Å²) in [6.07, 6.45) is 0. The third-order valence-corrected chi connectivity index (χ3v) is 1.87. The van der Waals surface area contributed by atoms with Crippen molar-refractivity contribution in [2.75, 3.05) is 0 Å². The van der Waals surface area contributed by atoms with Gasteiger partial charge < -0.3 is 0 Å².